The van der Waals surface area contributed by atoms with Gasteiger partial charge in [0.15, 0.2) is 5.82 Å². The summed E-state index contributed by atoms with van der Waals surface area (Å²) in [6.07, 6.45) is 7.14. The third-order valence-electron chi connectivity index (χ3n) is 6.43. The monoisotopic (exact) mass is 408 g/mol. The van der Waals surface area contributed by atoms with Crippen molar-refractivity contribution in [1.82, 2.24) is 25.1 Å². The minimum absolute atomic E-state index is 0.377. The van der Waals surface area contributed by atoms with Crippen molar-refractivity contribution in [3.63, 3.8) is 0 Å². The van der Waals surface area contributed by atoms with E-state index in [0.29, 0.717) is 48.8 Å². The van der Waals surface area contributed by atoms with Crippen LogP contribution in [0.25, 0.3) is 0 Å². The van der Waals surface area contributed by atoms with Crippen molar-refractivity contribution in [2.24, 2.45) is 0 Å². The van der Waals surface area contributed by atoms with Crippen molar-refractivity contribution in [3.05, 3.63) is 17.3 Å². The summed E-state index contributed by atoms with van der Waals surface area (Å²) < 4.78 is 5.85. The lowest BCUT2D eigenvalue weighted by atomic mass is 9.96. The second-order valence-electron chi connectivity index (χ2n) is 8.54. The number of fused-ring (bicyclic) bond motifs is 3. The number of aromatic nitrogens is 4. The Hall–Kier alpha value is -2.86. The molecule has 2 saturated heterocycles. The molecule has 3 atom stereocenters. The van der Waals surface area contributed by atoms with Crippen LogP contribution in [-0.2, 0) is 6.42 Å². The normalized spacial score (nSPS) is 25.3. The molecule has 0 saturated carbocycles. The summed E-state index contributed by atoms with van der Waals surface area (Å²) in [6.45, 7) is 3.54. The minimum Gasteiger partial charge on any atom is -0.477 e. The Bertz CT molecular complexity index is 937. The molecular weight excluding hydrogens is 380 g/mol. The second-order valence-corrected chi connectivity index (χ2v) is 8.54. The Morgan fingerprint density at radius 3 is 2.87 bits per heavy atom. The highest BCUT2D eigenvalue weighted by atomic mass is 16.5. The highest BCUT2D eigenvalue weighted by molar-refractivity contribution is 5.58. The first-order valence-electron chi connectivity index (χ1n) is 10.9. The number of nitrogens with one attached hydrogen (secondary N) is 3. The molecule has 0 aromatic carbocycles. The highest BCUT2D eigenvalue weighted by Gasteiger charge is 2.40. The van der Waals surface area contributed by atoms with E-state index < -0.39 is 0 Å². The van der Waals surface area contributed by atoms with Crippen LogP contribution < -0.4 is 15.4 Å². The summed E-state index contributed by atoms with van der Waals surface area (Å²) in [5.74, 6) is 2.74. The van der Waals surface area contributed by atoms with Crippen molar-refractivity contribution >= 4 is 17.6 Å². The smallest absolute Gasteiger partial charge is 0.233 e. The summed E-state index contributed by atoms with van der Waals surface area (Å²) >= 11 is 0. The van der Waals surface area contributed by atoms with Crippen LogP contribution >= 0.6 is 0 Å². The molecule has 9 heteroatoms. The molecule has 30 heavy (non-hydrogen) atoms. The van der Waals surface area contributed by atoms with E-state index in [2.05, 4.69) is 36.8 Å². The van der Waals surface area contributed by atoms with Crippen molar-refractivity contribution in [3.8, 4) is 11.9 Å². The van der Waals surface area contributed by atoms with Crippen molar-refractivity contribution < 1.29 is 4.74 Å². The molecule has 2 aromatic rings. The van der Waals surface area contributed by atoms with Crippen LogP contribution in [-0.4, -0.2) is 56.3 Å². The number of H-pyrrole nitrogens is 1. The largest absolute Gasteiger partial charge is 0.477 e. The summed E-state index contributed by atoms with van der Waals surface area (Å²) in [5, 5.41) is 23.0. The maximum Gasteiger partial charge on any atom is 0.233 e. The summed E-state index contributed by atoms with van der Waals surface area (Å²) in [4.78, 5) is 11.9. The summed E-state index contributed by atoms with van der Waals surface area (Å²) in [7, 11) is 0. The van der Waals surface area contributed by atoms with E-state index in [1.807, 2.05) is 13.0 Å². The van der Waals surface area contributed by atoms with Gasteiger partial charge in [-0.15, -0.1) is 0 Å². The van der Waals surface area contributed by atoms with Crippen molar-refractivity contribution in [1.29, 1.82) is 5.26 Å². The van der Waals surface area contributed by atoms with Gasteiger partial charge in [0.05, 0.1) is 18.2 Å². The molecule has 3 aliphatic heterocycles. The van der Waals surface area contributed by atoms with Crippen LogP contribution in [0.1, 0.15) is 49.8 Å². The van der Waals surface area contributed by atoms with Gasteiger partial charge < -0.3 is 15.4 Å². The predicted octanol–water partition coefficient (Wildman–Crippen LogP) is 2.90. The molecule has 0 spiro atoms. The Morgan fingerprint density at radius 1 is 1.30 bits per heavy atom. The molecule has 2 unspecified atom stereocenters. The maximum atomic E-state index is 8.95. The summed E-state index contributed by atoms with van der Waals surface area (Å²) in [6, 6.07) is 5.72. The van der Waals surface area contributed by atoms with Gasteiger partial charge >= 0.3 is 0 Å². The SMILES string of the molecule is Cc1cc(Nc2nc(NC3CC4CC[C@@H](C3)N4CCC#N)c3c(n2)OCCC3)n[nH]1. The molecule has 2 fully saturated rings. The Morgan fingerprint density at radius 2 is 2.13 bits per heavy atom. The van der Waals surface area contributed by atoms with Gasteiger partial charge in [-0.3, -0.25) is 10.00 Å². The van der Waals surface area contributed by atoms with Gasteiger partial charge in [-0.25, -0.2) is 0 Å². The van der Waals surface area contributed by atoms with E-state index in [-0.39, 0.29) is 0 Å². The lowest BCUT2D eigenvalue weighted by Gasteiger charge is -2.39. The number of nitriles is 1. The predicted molar refractivity (Wildman–Crippen MR) is 113 cm³/mol. The number of aryl methyl sites for hydroxylation is 1. The molecule has 3 aliphatic rings. The first-order valence-corrected chi connectivity index (χ1v) is 10.9. The molecule has 5 rings (SSSR count). The third kappa shape index (κ3) is 3.79. The van der Waals surface area contributed by atoms with E-state index in [1.54, 1.807) is 0 Å². The van der Waals surface area contributed by atoms with Crippen LogP contribution in [0.15, 0.2) is 6.07 Å². The zero-order valence-corrected chi connectivity index (χ0v) is 17.3. The molecule has 9 nitrogen and oxygen atoms in total. The Balaban J connectivity index is 1.35. The second kappa shape index (κ2) is 8.11. The van der Waals surface area contributed by atoms with E-state index in [0.717, 1.165) is 49.3 Å². The maximum absolute atomic E-state index is 8.95. The fraction of sp³-hybridized carbons (Fsp3) is 0.619. The minimum atomic E-state index is 0.377. The van der Waals surface area contributed by atoms with E-state index in [1.165, 1.54) is 12.8 Å². The molecule has 0 aliphatic carbocycles. The lowest BCUT2D eigenvalue weighted by molar-refractivity contribution is 0.135. The molecule has 158 valence electrons. The van der Waals surface area contributed by atoms with E-state index in [9.17, 15) is 0 Å². The number of piperidine rings is 1. The average Bonchev–Trinajstić information content (AvgIpc) is 3.25. The van der Waals surface area contributed by atoms with Crippen molar-refractivity contribution in [2.45, 2.75) is 70.0 Å². The zero-order chi connectivity index (χ0) is 20.5. The number of nitrogens with zero attached hydrogens (tertiary/aromatic N) is 5. The number of ether oxygens (including phenoxy) is 1. The van der Waals surface area contributed by atoms with E-state index in [4.69, 9.17) is 15.0 Å². The van der Waals surface area contributed by atoms with Crippen LogP contribution in [0, 0.1) is 18.3 Å². The molecular formula is C21H28N8O. The average molecular weight is 409 g/mol. The van der Waals surface area contributed by atoms with E-state index >= 15 is 0 Å². The van der Waals surface area contributed by atoms with Gasteiger partial charge in [0.1, 0.15) is 5.82 Å². The van der Waals surface area contributed by atoms with Crippen LogP contribution in [0.4, 0.5) is 17.6 Å². The van der Waals surface area contributed by atoms with Gasteiger partial charge in [0.25, 0.3) is 0 Å². The third-order valence-corrected chi connectivity index (χ3v) is 6.43. The first-order chi connectivity index (χ1) is 14.7. The summed E-state index contributed by atoms with van der Waals surface area (Å²) in [5.41, 5.74) is 2.05. The zero-order valence-electron chi connectivity index (χ0n) is 17.3. The van der Waals surface area contributed by atoms with Gasteiger partial charge in [-0.1, -0.05) is 0 Å². The van der Waals surface area contributed by atoms with Crippen molar-refractivity contribution in [2.75, 3.05) is 23.8 Å². The Kier molecular flexibility index (Phi) is 5.17. The quantitative estimate of drug-likeness (QED) is 0.668. The number of hydrogen-bond acceptors (Lipinski definition) is 8. The van der Waals surface area contributed by atoms with Gasteiger partial charge in [-0.05, 0) is 45.4 Å². The van der Waals surface area contributed by atoms with Crippen LogP contribution in [0.5, 0.6) is 5.88 Å². The number of aromatic amines is 1. The number of hydrogen-bond donors (Lipinski definition) is 3. The molecule has 3 N–H and O–H groups in total. The number of anilines is 3. The van der Waals surface area contributed by atoms with Gasteiger partial charge in [-0.2, -0.15) is 20.3 Å². The molecule has 2 aromatic heterocycles. The lowest BCUT2D eigenvalue weighted by Crippen LogP contribution is -2.47. The fourth-order valence-electron chi connectivity index (χ4n) is 5.13. The Labute approximate surface area is 176 Å². The standard InChI is InChI=1S/C21H28N8O/c1-13-10-18(28-27-13)24-21-25-19(17-4-2-9-30-20(17)26-21)23-14-11-15-5-6-16(12-14)29(15)8-3-7-22/h10,14-16H,2-6,8-9,11-12H2,1H3,(H3,23,24,25,26,27,28)/t14?,15-,16?/m0/s1. The van der Waals surface area contributed by atoms with Crippen LogP contribution in [0.3, 0.4) is 0 Å². The molecule has 0 amide bonds. The first kappa shape index (κ1) is 19.1. The topological polar surface area (TPSA) is 115 Å². The highest BCUT2D eigenvalue weighted by Crippen LogP contribution is 2.38. The molecule has 5 heterocycles. The van der Waals surface area contributed by atoms with Gasteiger partial charge in [0.2, 0.25) is 11.8 Å². The van der Waals surface area contributed by atoms with Gasteiger partial charge in [0, 0.05) is 42.9 Å². The number of rotatable bonds is 6. The molecule has 0 radical (unpaired) electrons. The molecule has 2 bridgehead atoms. The fourth-order valence-corrected chi connectivity index (χ4v) is 5.13. The van der Waals surface area contributed by atoms with Crippen LogP contribution in [0.2, 0.25) is 0 Å².